The number of hydrogen-bond acceptors (Lipinski definition) is 34. The van der Waals surface area contributed by atoms with Gasteiger partial charge in [0.15, 0.2) is 25.2 Å². The zero-order valence-electron chi connectivity index (χ0n) is 62.6. The Morgan fingerprint density at radius 3 is 1.65 bits per heavy atom. The number of aliphatic hydroxyl groups is 16. The lowest BCUT2D eigenvalue weighted by molar-refractivity contribution is -0.421. The van der Waals surface area contributed by atoms with E-state index in [9.17, 15) is 111 Å². The third-order valence-corrected chi connectivity index (χ3v) is 21.2. The first-order valence-electron chi connectivity index (χ1n) is 36.8. The first kappa shape index (κ1) is 94.3. The molecule has 38 heteroatoms. The fourth-order valence-electron chi connectivity index (χ4n) is 13.5. The average Bonchev–Trinajstić information content (AvgIpc) is 0.864. The molecule has 0 spiro atoms. The van der Waals surface area contributed by atoms with Crippen LogP contribution >= 0.6 is 11.3 Å². The Morgan fingerprint density at radius 1 is 0.620 bits per heavy atom. The zero-order valence-corrected chi connectivity index (χ0v) is 63.4. The number of carboxylic acid groups (broad SMARTS) is 1. The maximum absolute atomic E-state index is 13.7. The first-order valence-corrected chi connectivity index (χ1v) is 37.6. The highest BCUT2D eigenvalue weighted by molar-refractivity contribution is 7.14. The summed E-state index contributed by atoms with van der Waals surface area (Å²) in [5, 5.41) is 199. The second-order valence-corrected chi connectivity index (χ2v) is 30.1. The third kappa shape index (κ3) is 25.4. The van der Waals surface area contributed by atoms with E-state index in [1.54, 1.807) is 6.07 Å². The lowest BCUT2D eigenvalue weighted by atomic mass is 9.88. The molecule has 108 heavy (non-hydrogen) atoms. The molecule has 23 N–H and O–H groups in total. The van der Waals surface area contributed by atoms with Crippen molar-refractivity contribution >= 4 is 47.1 Å². The lowest BCUT2D eigenvalue weighted by Crippen LogP contribution is -2.73. The van der Waals surface area contributed by atoms with Crippen LogP contribution in [-0.2, 0) is 76.7 Å². The molecule has 5 fully saturated rings. The molecular weight excluding hydrogens is 1460 g/mol. The van der Waals surface area contributed by atoms with E-state index in [4.69, 9.17) is 52.1 Å². The molecule has 28 atom stereocenters. The van der Waals surface area contributed by atoms with Gasteiger partial charge in [-0.1, -0.05) is 130 Å². The molecule has 5 aliphatic heterocycles. The number of amides is 3. The van der Waals surface area contributed by atoms with Crippen molar-refractivity contribution in [3.63, 3.8) is 0 Å². The van der Waals surface area contributed by atoms with Gasteiger partial charge in [-0.05, 0) is 23.5 Å². The van der Waals surface area contributed by atoms with Gasteiger partial charge in [-0.3, -0.25) is 14.4 Å². The summed E-state index contributed by atoms with van der Waals surface area (Å²) in [7, 11) is 1.22. The Balaban J connectivity index is 0.0000209. The monoisotopic (exact) mass is 1580 g/mol. The van der Waals surface area contributed by atoms with E-state index in [-0.39, 0.29) is 17.4 Å². The predicted octanol–water partition coefficient (Wildman–Crippen LogP) is -4.40. The molecule has 0 aliphatic carbocycles. The number of ether oxygens (including phenoxy) is 11. The topological polar surface area (TPSA) is 606 Å². The molecule has 5 saturated heterocycles. The number of hydrogen-bond donors (Lipinski definition) is 20. The number of quaternary nitrogens is 1. The van der Waals surface area contributed by atoms with E-state index in [1.807, 2.05) is 20.8 Å². The number of carbonyl (C=O) groups excluding carboxylic acids is 5. The standard InChI is InChI=1S/C70H117N3O33S.H3N/c1-8-9-10-11-12-13-14-15-16-17-18-19-20-21-22-23-46(84)73-37(38(81)25-24-36-26-45(69(4,5)6)107-62(36)63(93)96-7)33-97-65-55(91)53(89)57(43(31-77)100-65)102-67-56(92)61(106-70(68(94)95)27-39(82)47(71-34(2)79)60(105-70)49(85)40(83)28-74)58(44(32-78)101-67)103-64-48(72-35(3)80)59(51(87)42(30-76)98-64)104-66-54(90)52(88)50(86)41(29-75)99-66;/h24-26,37-44,47-61,64-67,74-78,81-83,85-92H,8-23,27-33H2,1-7H3,(H,71,79)(H,72,80)(H,73,84)(H,94,95);1H3/b25-24+;/t37-,38+,39-,40+,41+,42+,43+,44+,47?,48+,49+,50-,51-,52-,53+,54+,55+,56+,57+,58-,59+,60?,61+,64-,65+,66-,67-,70-;/m0./s1. The van der Waals surface area contributed by atoms with Crippen molar-refractivity contribution in [3.05, 3.63) is 27.5 Å². The van der Waals surface area contributed by atoms with Gasteiger partial charge in [-0.2, -0.15) is 0 Å². The van der Waals surface area contributed by atoms with E-state index < -0.39 is 252 Å². The number of aliphatic carboxylic acids is 1. The Morgan fingerprint density at radius 2 is 1.11 bits per heavy atom. The van der Waals surface area contributed by atoms with Crippen LogP contribution in [0, 0.1) is 0 Å². The van der Waals surface area contributed by atoms with Crippen LogP contribution in [0.5, 0.6) is 0 Å². The van der Waals surface area contributed by atoms with Gasteiger partial charge in [-0.15, -0.1) is 11.3 Å². The van der Waals surface area contributed by atoms with Crippen LogP contribution in [0.1, 0.15) is 171 Å². The van der Waals surface area contributed by atoms with Crippen LogP contribution < -0.4 is 27.2 Å². The molecule has 37 nitrogen and oxygen atoms in total. The molecule has 624 valence electrons. The van der Waals surface area contributed by atoms with Crippen LogP contribution in [0.15, 0.2) is 12.1 Å². The van der Waals surface area contributed by atoms with Crippen molar-refractivity contribution in [2.24, 2.45) is 0 Å². The number of aliphatic hydroxyl groups excluding tert-OH is 16. The normalized spacial score (nSPS) is 34.4. The number of methoxy groups -OCH3 is 1. The maximum atomic E-state index is 13.7. The van der Waals surface area contributed by atoms with Crippen molar-refractivity contribution in [1.29, 1.82) is 0 Å². The van der Waals surface area contributed by atoms with Gasteiger partial charge >= 0.3 is 5.97 Å². The summed E-state index contributed by atoms with van der Waals surface area (Å²) < 4.78 is 64.8. The summed E-state index contributed by atoms with van der Waals surface area (Å²) in [6.07, 6.45) is -32.8. The quantitative estimate of drug-likeness (QED) is 0.0217. The second-order valence-electron chi connectivity index (χ2n) is 29.0. The van der Waals surface area contributed by atoms with Crippen molar-refractivity contribution in [1.82, 2.24) is 22.1 Å². The number of carboxylic acids is 1. The molecule has 1 aromatic heterocycles. The average molecular weight is 1580 g/mol. The molecule has 3 amide bonds. The van der Waals surface area contributed by atoms with E-state index >= 15 is 0 Å². The molecular formula is C70H120N4O33S. The Hall–Kier alpha value is -4.29. The van der Waals surface area contributed by atoms with Crippen LogP contribution in [-0.4, -0.2) is 329 Å². The van der Waals surface area contributed by atoms with Gasteiger partial charge < -0.3 is 166 Å². The predicted molar refractivity (Wildman–Crippen MR) is 375 cm³/mol. The summed E-state index contributed by atoms with van der Waals surface area (Å²) in [5.74, 6) is -8.92. The van der Waals surface area contributed by atoms with E-state index in [1.165, 1.54) is 88.4 Å². The minimum absolute atomic E-state index is 0. The molecule has 6 heterocycles. The maximum Gasteiger partial charge on any atom is 0.348 e. The molecule has 0 radical (unpaired) electrons. The minimum atomic E-state index is -3.52. The largest absolute Gasteiger partial charge is 0.544 e. The number of unbranched alkanes of at least 4 members (excludes halogenated alkanes) is 14. The summed E-state index contributed by atoms with van der Waals surface area (Å²) in [6, 6.07) is -3.33. The van der Waals surface area contributed by atoms with Crippen molar-refractivity contribution < 1.29 is 163 Å². The van der Waals surface area contributed by atoms with Crippen molar-refractivity contribution in [2.75, 3.05) is 46.8 Å². The molecule has 0 saturated carbocycles. The van der Waals surface area contributed by atoms with Crippen molar-refractivity contribution in [2.45, 2.75) is 327 Å². The van der Waals surface area contributed by atoms with Gasteiger partial charge in [0, 0.05) is 31.6 Å². The number of carbonyl (C=O) groups is 5. The minimum Gasteiger partial charge on any atom is -0.544 e. The summed E-state index contributed by atoms with van der Waals surface area (Å²) >= 11 is 1.19. The summed E-state index contributed by atoms with van der Waals surface area (Å²) in [6.45, 7) is 3.56. The molecule has 5 aliphatic rings. The zero-order chi connectivity index (χ0) is 79.2. The molecule has 6 rings (SSSR count). The Bertz CT molecular complexity index is 2900. The van der Waals surface area contributed by atoms with Gasteiger partial charge in [0.1, 0.15) is 127 Å². The lowest BCUT2D eigenvalue weighted by Gasteiger charge is -2.54. The first-order chi connectivity index (χ1) is 50.7. The highest BCUT2D eigenvalue weighted by Crippen LogP contribution is 2.41. The van der Waals surface area contributed by atoms with E-state index in [0.717, 1.165) is 50.8 Å². The van der Waals surface area contributed by atoms with Crippen LogP contribution in [0.2, 0.25) is 0 Å². The smallest absolute Gasteiger partial charge is 0.348 e. The molecule has 0 aromatic carbocycles. The third-order valence-electron chi connectivity index (χ3n) is 19.6. The Labute approximate surface area is 631 Å². The number of thiophene rings is 1. The number of nitrogens with one attached hydrogen (secondary N) is 3. The fraction of sp³-hybridized carbons (Fsp3) is 0.843. The van der Waals surface area contributed by atoms with Gasteiger partial charge in [0.2, 0.25) is 23.5 Å². The van der Waals surface area contributed by atoms with Gasteiger partial charge in [-0.25, -0.2) is 4.79 Å². The summed E-state index contributed by atoms with van der Waals surface area (Å²) in [5.41, 5.74) is -0.0114. The number of rotatable bonds is 42. The van der Waals surface area contributed by atoms with Crippen LogP contribution in [0.4, 0.5) is 0 Å². The van der Waals surface area contributed by atoms with Gasteiger partial charge in [0.05, 0.1) is 71.0 Å². The second kappa shape index (κ2) is 45.0. The van der Waals surface area contributed by atoms with Crippen LogP contribution in [0.25, 0.3) is 6.08 Å². The SMILES string of the molecule is CCCCCCCCCCCCCCCCCC(=O)N[C@@H](CO[C@@H]1O[C@H](CO)[C@@H](O[C@@H]2O[C@H](CO)[C@H](O[C@@H]3O[C@H](CO)[C@H](O)[C@H](O[C@@H]4O[C@H](CO)[C@H](O)[C@H](O)[C@H]4O)[C@H]3NC(C)=O)[C@H](O[C@]3(C(=O)[O-])C[C@H](O)C(NC(C)=O)C([C@H](O)[C@H](O)CO)O3)[C@H]2O)[C@H](O)[C@H]1O)[C@H](O)/C=C/c1cc(C(C)(C)C)sc1C(=O)OC.[NH4+]. The van der Waals surface area contributed by atoms with Crippen molar-refractivity contribution in [3.8, 4) is 0 Å². The van der Waals surface area contributed by atoms with E-state index in [2.05, 4.69) is 22.9 Å². The van der Waals surface area contributed by atoms with E-state index in [0.29, 0.717) is 12.0 Å². The molecule has 2 unspecified atom stereocenters. The highest BCUT2D eigenvalue weighted by Gasteiger charge is 2.61. The molecule has 1 aromatic rings. The Kier molecular flexibility index (Phi) is 39.3. The summed E-state index contributed by atoms with van der Waals surface area (Å²) in [4.78, 5) is 67.0. The van der Waals surface area contributed by atoms with Crippen LogP contribution in [0.3, 0.4) is 0 Å². The van der Waals surface area contributed by atoms with Gasteiger partial charge in [0.25, 0.3) is 0 Å². The highest BCUT2D eigenvalue weighted by atomic mass is 32.1. The molecule has 0 bridgehead atoms. The fourth-order valence-corrected chi connectivity index (χ4v) is 14.6. The number of esters is 1.